The van der Waals surface area contributed by atoms with Gasteiger partial charge >= 0.3 is 0 Å². The molecule has 0 fully saturated rings. The fourth-order valence-electron chi connectivity index (χ4n) is 1.86. The third-order valence-corrected chi connectivity index (χ3v) is 2.93. The summed E-state index contributed by atoms with van der Waals surface area (Å²) in [6.45, 7) is 3.04. The summed E-state index contributed by atoms with van der Waals surface area (Å²) in [6.07, 6.45) is 2.76. The molecule has 94 valence electrons. The van der Waals surface area contributed by atoms with E-state index in [1.807, 2.05) is 12.1 Å². The first-order chi connectivity index (χ1) is 8.79. The summed E-state index contributed by atoms with van der Waals surface area (Å²) >= 11 is 0. The monoisotopic (exact) mass is 242 g/mol. The van der Waals surface area contributed by atoms with Crippen LogP contribution in [0.5, 0.6) is 5.88 Å². The molecule has 3 heteroatoms. The molecule has 2 aromatic rings. The van der Waals surface area contributed by atoms with Crippen LogP contribution in [0, 0.1) is 6.92 Å². The summed E-state index contributed by atoms with van der Waals surface area (Å²) < 4.78 is 5.09. The van der Waals surface area contributed by atoms with Gasteiger partial charge in [-0.05, 0) is 30.5 Å². The van der Waals surface area contributed by atoms with Crippen LogP contribution in [0.3, 0.4) is 0 Å². The Bertz CT molecular complexity index is 511. The Kier molecular flexibility index (Phi) is 4.18. The van der Waals surface area contributed by atoms with Crippen LogP contribution in [0.4, 0.5) is 5.69 Å². The number of methoxy groups -OCH3 is 1. The van der Waals surface area contributed by atoms with Gasteiger partial charge in [0.25, 0.3) is 0 Å². The van der Waals surface area contributed by atoms with Gasteiger partial charge in [-0.25, -0.2) is 4.98 Å². The van der Waals surface area contributed by atoms with Gasteiger partial charge in [0.15, 0.2) is 0 Å². The average molecular weight is 242 g/mol. The van der Waals surface area contributed by atoms with Crippen molar-refractivity contribution in [2.75, 3.05) is 19.0 Å². The molecule has 0 aliphatic rings. The normalized spacial score (nSPS) is 10.1. The molecule has 1 N–H and O–H groups in total. The van der Waals surface area contributed by atoms with Crippen molar-refractivity contribution in [3.05, 3.63) is 53.7 Å². The highest BCUT2D eigenvalue weighted by atomic mass is 16.5. The van der Waals surface area contributed by atoms with E-state index in [0.29, 0.717) is 5.88 Å². The second-order valence-corrected chi connectivity index (χ2v) is 4.19. The zero-order chi connectivity index (χ0) is 12.8. The zero-order valence-corrected chi connectivity index (χ0v) is 10.8. The molecule has 2 rings (SSSR count). The summed E-state index contributed by atoms with van der Waals surface area (Å²) in [5, 5.41) is 3.38. The van der Waals surface area contributed by atoms with E-state index in [2.05, 4.69) is 41.5 Å². The third kappa shape index (κ3) is 3.23. The molecule has 3 nitrogen and oxygen atoms in total. The highest BCUT2D eigenvalue weighted by Gasteiger charge is 1.98. The predicted molar refractivity (Wildman–Crippen MR) is 74.2 cm³/mol. The van der Waals surface area contributed by atoms with Crippen LogP contribution in [-0.4, -0.2) is 18.6 Å². The lowest BCUT2D eigenvalue weighted by molar-refractivity contribution is 0.398. The Hall–Kier alpha value is -2.03. The van der Waals surface area contributed by atoms with Gasteiger partial charge in [0, 0.05) is 24.5 Å². The maximum atomic E-state index is 5.09. The van der Waals surface area contributed by atoms with Crippen LogP contribution >= 0.6 is 0 Å². The van der Waals surface area contributed by atoms with Crippen molar-refractivity contribution in [1.82, 2.24) is 4.98 Å². The summed E-state index contributed by atoms with van der Waals surface area (Å²) in [7, 11) is 1.62. The first-order valence-corrected chi connectivity index (χ1v) is 6.08. The molecule has 1 aromatic heterocycles. The van der Waals surface area contributed by atoms with Crippen molar-refractivity contribution in [1.29, 1.82) is 0 Å². The van der Waals surface area contributed by atoms with Gasteiger partial charge < -0.3 is 10.1 Å². The fourth-order valence-corrected chi connectivity index (χ4v) is 1.86. The van der Waals surface area contributed by atoms with Crippen molar-refractivity contribution < 1.29 is 4.74 Å². The summed E-state index contributed by atoms with van der Waals surface area (Å²) in [4.78, 5) is 4.08. The van der Waals surface area contributed by atoms with Gasteiger partial charge in [0.1, 0.15) is 0 Å². The Labute approximate surface area is 108 Å². The molecule has 1 heterocycles. The Morgan fingerprint density at radius 3 is 2.83 bits per heavy atom. The quantitative estimate of drug-likeness (QED) is 0.875. The molecular formula is C15H18N2O. The highest BCUT2D eigenvalue weighted by molar-refractivity contribution is 5.45. The van der Waals surface area contributed by atoms with E-state index in [9.17, 15) is 0 Å². The molecule has 0 radical (unpaired) electrons. The van der Waals surface area contributed by atoms with E-state index >= 15 is 0 Å². The number of aryl methyl sites for hydroxylation is 1. The van der Waals surface area contributed by atoms with Gasteiger partial charge in [-0.15, -0.1) is 0 Å². The zero-order valence-electron chi connectivity index (χ0n) is 10.8. The molecule has 1 aromatic carbocycles. The van der Waals surface area contributed by atoms with Crippen molar-refractivity contribution >= 4 is 5.69 Å². The van der Waals surface area contributed by atoms with Crippen molar-refractivity contribution in [3.8, 4) is 5.88 Å². The molecule has 0 atom stereocenters. The number of nitrogens with one attached hydrogen (secondary N) is 1. The standard InChI is InChI=1S/C15H18N2O/c1-12-5-3-4-6-13(12)7-9-16-14-8-10-17-15(11-14)18-2/h3-6,8,10-11H,7,9H2,1-2H3,(H,16,17). The van der Waals surface area contributed by atoms with Crippen molar-refractivity contribution in [3.63, 3.8) is 0 Å². The van der Waals surface area contributed by atoms with E-state index < -0.39 is 0 Å². The number of hydrogen-bond donors (Lipinski definition) is 1. The molecule has 0 saturated carbocycles. The van der Waals surface area contributed by atoms with E-state index in [1.54, 1.807) is 13.3 Å². The number of nitrogens with zero attached hydrogens (tertiary/aromatic N) is 1. The third-order valence-electron chi connectivity index (χ3n) is 2.93. The SMILES string of the molecule is COc1cc(NCCc2ccccc2C)ccn1. The first-order valence-electron chi connectivity index (χ1n) is 6.08. The summed E-state index contributed by atoms with van der Waals surface area (Å²) in [5.41, 5.74) is 3.76. The minimum absolute atomic E-state index is 0.635. The molecule has 18 heavy (non-hydrogen) atoms. The largest absolute Gasteiger partial charge is 0.481 e. The number of aromatic nitrogens is 1. The Morgan fingerprint density at radius 1 is 1.22 bits per heavy atom. The van der Waals surface area contributed by atoms with E-state index in [0.717, 1.165) is 18.7 Å². The topological polar surface area (TPSA) is 34.1 Å². The van der Waals surface area contributed by atoms with Crippen LogP contribution in [0.15, 0.2) is 42.6 Å². The second kappa shape index (κ2) is 6.05. The van der Waals surface area contributed by atoms with Gasteiger partial charge in [-0.1, -0.05) is 24.3 Å². The summed E-state index contributed by atoms with van der Waals surface area (Å²) in [6, 6.07) is 12.3. The lowest BCUT2D eigenvalue weighted by atomic mass is 10.1. The van der Waals surface area contributed by atoms with Gasteiger partial charge in [-0.2, -0.15) is 0 Å². The summed E-state index contributed by atoms with van der Waals surface area (Å²) in [5.74, 6) is 0.635. The Balaban J connectivity index is 1.90. The number of rotatable bonds is 5. The van der Waals surface area contributed by atoms with Crippen molar-refractivity contribution in [2.24, 2.45) is 0 Å². The van der Waals surface area contributed by atoms with Gasteiger partial charge in [-0.3, -0.25) is 0 Å². The molecule has 0 aliphatic carbocycles. The lowest BCUT2D eigenvalue weighted by Gasteiger charge is -2.09. The molecule has 0 saturated heterocycles. The Morgan fingerprint density at radius 2 is 2.06 bits per heavy atom. The van der Waals surface area contributed by atoms with Crippen LogP contribution in [-0.2, 0) is 6.42 Å². The van der Waals surface area contributed by atoms with Gasteiger partial charge in [0.2, 0.25) is 5.88 Å². The van der Waals surface area contributed by atoms with Gasteiger partial charge in [0.05, 0.1) is 7.11 Å². The number of anilines is 1. The number of ether oxygens (including phenoxy) is 1. The average Bonchev–Trinajstić information content (AvgIpc) is 2.41. The maximum absolute atomic E-state index is 5.09. The highest BCUT2D eigenvalue weighted by Crippen LogP contribution is 2.14. The molecule has 0 amide bonds. The molecule has 0 bridgehead atoms. The first kappa shape index (κ1) is 12.4. The van der Waals surface area contributed by atoms with E-state index in [1.165, 1.54) is 11.1 Å². The van der Waals surface area contributed by atoms with Crippen molar-refractivity contribution in [2.45, 2.75) is 13.3 Å². The van der Waals surface area contributed by atoms with Crippen LogP contribution < -0.4 is 10.1 Å². The molecular weight excluding hydrogens is 224 g/mol. The molecule has 0 spiro atoms. The molecule has 0 aliphatic heterocycles. The van der Waals surface area contributed by atoms with E-state index in [-0.39, 0.29) is 0 Å². The maximum Gasteiger partial charge on any atom is 0.214 e. The predicted octanol–water partition coefficient (Wildman–Crippen LogP) is 3.05. The second-order valence-electron chi connectivity index (χ2n) is 4.19. The fraction of sp³-hybridized carbons (Fsp3) is 0.267. The molecule has 0 unspecified atom stereocenters. The van der Waals surface area contributed by atoms with E-state index in [4.69, 9.17) is 4.74 Å². The van der Waals surface area contributed by atoms with Crippen LogP contribution in [0.1, 0.15) is 11.1 Å². The number of hydrogen-bond acceptors (Lipinski definition) is 3. The number of benzene rings is 1. The smallest absolute Gasteiger partial charge is 0.214 e. The van der Waals surface area contributed by atoms with Crippen LogP contribution in [0.2, 0.25) is 0 Å². The number of pyridine rings is 1. The minimum atomic E-state index is 0.635. The van der Waals surface area contributed by atoms with Crippen LogP contribution in [0.25, 0.3) is 0 Å². The lowest BCUT2D eigenvalue weighted by Crippen LogP contribution is -2.06. The minimum Gasteiger partial charge on any atom is -0.481 e.